The SMILES string of the molecule is C.C1CCOC1.CC(C)(C)OC(=O)N1CCC(=O)C1.CC1=CN(C(=O)OC(C)(C)C)CC1.CS(=O)(=O)N(c1ccccc1)S(=O)(=O)C(F)(F)F. The van der Waals surface area contributed by atoms with Crippen molar-refractivity contribution in [2.45, 2.75) is 98.3 Å². The lowest BCUT2D eigenvalue weighted by molar-refractivity contribution is -0.117. The predicted octanol–water partition coefficient (Wildman–Crippen LogP) is 6.46. The number of hydrogen-bond acceptors (Lipinski definition) is 10. The molecule has 3 heterocycles. The molecule has 0 unspecified atom stereocenters. The minimum Gasteiger partial charge on any atom is -0.444 e. The Morgan fingerprint density at radius 1 is 0.840 bits per heavy atom. The van der Waals surface area contributed by atoms with Crippen LogP contribution in [-0.4, -0.2) is 100 Å². The molecule has 0 aliphatic carbocycles. The summed E-state index contributed by atoms with van der Waals surface area (Å²) in [4.78, 5) is 36.8. The molecule has 1 aromatic rings. The maximum Gasteiger partial charge on any atom is 0.517 e. The van der Waals surface area contributed by atoms with Crippen LogP contribution in [0.25, 0.3) is 0 Å². The molecule has 13 nitrogen and oxygen atoms in total. The molecule has 0 aromatic heterocycles. The minimum atomic E-state index is -6.00. The lowest BCUT2D eigenvalue weighted by atomic mass is 10.2. The number of sulfonamides is 2. The van der Waals surface area contributed by atoms with Gasteiger partial charge in [-0.1, -0.05) is 31.2 Å². The highest BCUT2D eigenvalue weighted by molar-refractivity contribution is 8.10. The molecular weight excluding hydrogens is 707 g/mol. The summed E-state index contributed by atoms with van der Waals surface area (Å²) in [6.45, 7) is 16.5. The van der Waals surface area contributed by atoms with Gasteiger partial charge in [0.15, 0.2) is 5.78 Å². The Bertz CT molecular complexity index is 1490. The van der Waals surface area contributed by atoms with Gasteiger partial charge in [0.1, 0.15) is 11.2 Å². The van der Waals surface area contributed by atoms with Crippen molar-refractivity contribution < 1.29 is 58.6 Å². The fourth-order valence-corrected chi connectivity index (χ4v) is 6.70. The van der Waals surface area contributed by atoms with Crippen LogP contribution in [0.2, 0.25) is 0 Å². The number of anilines is 1. The first-order valence-corrected chi connectivity index (χ1v) is 18.6. The molecule has 50 heavy (non-hydrogen) atoms. The standard InChI is InChI=1S/C10H17NO2.C9H15NO3.C8H8F3NO4S2.C4H8O.CH4/c1-8-5-6-11(7-8)9(12)13-10(2,3)4;1-9(2,3)13-8(12)10-5-4-7(11)6-10;1-17(13,14)12(7-5-3-2-4-6-7)18(15,16)8(9,10)11;1-2-4-5-3-1;/h7H,5-6H2,1-4H3;4-6H2,1-3H3;2-6H,1H3;1-4H2;1H4. The topological polar surface area (TPSA) is 157 Å². The molecule has 18 heteroatoms. The predicted molar refractivity (Wildman–Crippen MR) is 184 cm³/mol. The van der Waals surface area contributed by atoms with Gasteiger partial charge in [0.05, 0.1) is 18.5 Å². The summed E-state index contributed by atoms with van der Waals surface area (Å²) in [5, 5.41) is 0. The van der Waals surface area contributed by atoms with E-state index in [4.69, 9.17) is 14.2 Å². The van der Waals surface area contributed by atoms with Crippen molar-refractivity contribution in [1.29, 1.82) is 0 Å². The maximum absolute atomic E-state index is 12.4. The van der Waals surface area contributed by atoms with E-state index in [1.165, 1.54) is 41.5 Å². The number of ketones is 1. The molecule has 0 radical (unpaired) electrons. The van der Waals surface area contributed by atoms with Crippen molar-refractivity contribution in [2.24, 2.45) is 0 Å². The molecule has 0 saturated carbocycles. The number of Topliss-reactive ketones (excluding diaryl/α,β-unsaturated/α-hetero) is 1. The first kappa shape index (κ1) is 46.6. The van der Waals surface area contributed by atoms with E-state index in [0.717, 1.165) is 38.3 Å². The fourth-order valence-electron chi connectivity index (χ4n) is 3.93. The third-order valence-corrected chi connectivity index (χ3v) is 9.48. The zero-order chi connectivity index (χ0) is 37.8. The summed E-state index contributed by atoms with van der Waals surface area (Å²) in [5.41, 5.74) is -5.96. The van der Waals surface area contributed by atoms with Crippen LogP contribution in [0.5, 0.6) is 0 Å². The quantitative estimate of drug-likeness (QED) is 0.335. The van der Waals surface area contributed by atoms with Gasteiger partial charge in [0, 0.05) is 38.9 Å². The normalized spacial score (nSPS) is 16.3. The van der Waals surface area contributed by atoms with Crippen molar-refractivity contribution in [1.82, 2.24) is 9.80 Å². The van der Waals surface area contributed by atoms with E-state index in [1.807, 2.05) is 54.7 Å². The summed E-state index contributed by atoms with van der Waals surface area (Å²) in [6, 6.07) is 5.75. The van der Waals surface area contributed by atoms with Gasteiger partial charge in [-0.2, -0.15) is 25.3 Å². The first-order chi connectivity index (χ1) is 22.2. The number of alkyl halides is 3. The number of benzene rings is 1. The molecule has 3 aliphatic heterocycles. The number of hydrogen-bond donors (Lipinski definition) is 0. The Morgan fingerprint density at radius 2 is 1.34 bits per heavy atom. The largest absolute Gasteiger partial charge is 0.517 e. The second kappa shape index (κ2) is 19.3. The van der Waals surface area contributed by atoms with Crippen molar-refractivity contribution in [3.63, 3.8) is 0 Å². The summed E-state index contributed by atoms with van der Waals surface area (Å²) in [6.07, 6.45) is 5.57. The summed E-state index contributed by atoms with van der Waals surface area (Å²) in [5.74, 6) is 0.103. The number of rotatable bonds is 3. The van der Waals surface area contributed by atoms with Gasteiger partial charge in [-0.05, 0) is 79.9 Å². The van der Waals surface area contributed by atoms with Crippen LogP contribution in [-0.2, 0) is 39.1 Å². The Hall–Kier alpha value is -3.38. The summed E-state index contributed by atoms with van der Waals surface area (Å²) in [7, 11) is -10.6. The van der Waals surface area contributed by atoms with E-state index in [0.29, 0.717) is 19.2 Å². The second-order valence-electron chi connectivity index (χ2n) is 13.2. The molecule has 3 aliphatic rings. The first-order valence-electron chi connectivity index (χ1n) is 15.4. The number of likely N-dealkylation sites (tertiary alicyclic amines) is 1. The number of carbonyl (C=O) groups excluding carboxylic acids is 3. The number of halogens is 3. The van der Waals surface area contributed by atoms with E-state index < -0.39 is 52.2 Å². The van der Waals surface area contributed by atoms with E-state index in [2.05, 4.69) is 0 Å². The van der Waals surface area contributed by atoms with Gasteiger partial charge in [0.2, 0.25) is 10.0 Å². The highest BCUT2D eigenvalue weighted by Gasteiger charge is 2.53. The van der Waals surface area contributed by atoms with Gasteiger partial charge < -0.3 is 19.1 Å². The molecule has 4 rings (SSSR count). The monoisotopic (exact) mass is 759 g/mol. The number of para-hydroxylation sites is 1. The highest BCUT2D eigenvalue weighted by Crippen LogP contribution is 2.32. The van der Waals surface area contributed by atoms with Gasteiger partial charge in [-0.3, -0.25) is 9.69 Å². The van der Waals surface area contributed by atoms with Crippen molar-refractivity contribution in [3.8, 4) is 0 Å². The fraction of sp³-hybridized carbons (Fsp3) is 0.656. The molecular formula is C32H52F3N3O10S2. The Labute approximate surface area is 294 Å². The molecule has 2 fully saturated rings. The van der Waals surface area contributed by atoms with E-state index >= 15 is 0 Å². The molecule has 2 amide bonds. The van der Waals surface area contributed by atoms with Crippen molar-refractivity contribution in [3.05, 3.63) is 42.1 Å². The third-order valence-electron chi connectivity index (χ3n) is 6.04. The average Bonchev–Trinajstić information content (AvgIpc) is 3.71. The number of carbonyl (C=O) groups is 3. The van der Waals surface area contributed by atoms with Crippen molar-refractivity contribution >= 4 is 43.7 Å². The van der Waals surface area contributed by atoms with Crippen LogP contribution in [0, 0.1) is 0 Å². The lowest BCUT2D eigenvalue weighted by Gasteiger charge is -2.23. The zero-order valence-electron chi connectivity index (χ0n) is 29.2. The maximum atomic E-state index is 12.4. The van der Waals surface area contributed by atoms with E-state index in [1.54, 1.807) is 4.90 Å². The van der Waals surface area contributed by atoms with Crippen LogP contribution in [0.1, 0.15) is 81.6 Å². The average molecular weight is 760 g/mol. The molecule has 0 atom stereocenters. The van der Waals surface area contributed by atoms with Gasteiger partial charge in [-0.15, -0.1) is 0 Å². The Morgan fingerprint density at radius 3 is 1.68 bits per heavy atom. The smallest absolute Gasteiger partial charge is 0.444 e. The van der Waals surface area contributed by atoms with Gasteiger partial charge in [-0.25, -0.2) is 18.0 Å². The van der Waals surface area contributed by atoms with Crippen molar-refractivity contribution in [2.75, 3.05) is 42.8 Å². The number of amides is 2. The molecule has 1 aromatic carbocycles. The van der Waals surface area contributed by atoms with E-state index in [9.17, 15) is 44.4 Å². The summed E-state index contributed by atoms with van der Waals surface area (Å²) >= 11 is 0. The van der Waals surface area contributed by atoms with Crippen LogP contribution in [0.4, 0.5) is 28.4 Å². The number of ether oxygens (including phenoxy) is 3. The Balaban J connectivity index is 0.000000674. The molecule has 0 N–H and O–H groups in total. The zero-order valence-corrected chi connectivity index (χ0v) is 30.8. The molecule has 0 spiro atoms. The molecule has 0 bridgehead atoms. The van der Waals surface area contributed by atoms with Crippen LogP contribution >= 0.6 is 0 Å². The van der Waals surface area contributed by atoms with Crippen LogP contribution < -0.4 is 3.71 Å². The molecule has 288 valence electrons. The summed E-state index contributed by atoms with van der Waals surface area (Å²) < 4.78 is 96.8. The highest BCUT2D eigenvalue weighted by atomic mass is 32.3. The minimum absolute atomic E-state index is 0. The lowest BCUT2D eigenvalue weighted by Crippen LogP contribution is -2.44. The van der Waals surface area contributed by atoms with Crippen LogP contribution in [0.3, 0.4) is 0 Å². The Kier molecular flexibility index (Phi) is 18.0. The number of nitrogens with zero attached hydrogens (tertiary/aromatic N) is 3. The van der Waals surface area contributed by atoms with E-state index in [-0.39, 0.29) is 25.8 Å². The second-order valence-corrected chi connectivity index (χ2v) is 17.0. The molecule has 2 saturated heterocycles. The van der Waals surface area contributed by atoms with Crippen LogP contribution in [0.15, 0.2) is 42.1 Å². The van der Waals surface area contributed by atoms with Gasteiger partial charge in [0.25, 0.3) is 0 Å². The third kappa shape index (κ3) is 17.0. The van der Waals surface area contributed by atoms with Gasteiger partial charge >= 0.3 is 27.7 Å².